The lowest BCUT2D eigenvalue weighted by Gasteiger charge is -2.01. The molecule has 1 aromatic rings. The number of benzene rings is 1. The van der Waals surface area contributed by atoms with Gasteiger partial charge < -0.3 is 4.74 Å². The summed E-state index contributed by atoms with van der Waals surface area (Å²) < 4.78 is 5.03. The Bertz CT molecular complexity index is 437. The minimum absolute atomic E-state index is 0.496. The van der Waals surface area contributed by atoms with Gasteiger partial charge in [-0.3, -0.25) is 0 Å². The van der Waals surface area contributed by atoms with E-state index in [1.807, 2.05) is 6.07 Å². The maximum absolute atomic E-state index is 8.85. The van der Waals surface area contributed by atoms with Gasteiger partial charge in [-0.05, 0) is 18.2 Å². The van der Waals surface area contributed by atoms with E-state index in [1.165, 1.54) is 7.11 Å². The average molecular weight is 220 g/mol. The van der Waals surface area contributed by atoms with Crippen LogP contribution in [0.25, 0.3) is 0 Å². The van der Waals surface area contributed by atoms with Crippen LogP contribution in [0.2, 0.25) is 0 Å². The largest absolute Gasteiger partial charge is 0.495 e. The molecule has 0 unspecified atom stereocenters. The van der Waals surface area contributed by atoms with Crippen molar-refractivity contribution in [2.24, 2.45) is 0 Å². The van der Waals surface area contributed by atoms with Crippen molar-refractivity contribution in [3.63, 3.8) is 0 Å². The van der Waals surface area contributed by atoms with Gasteiger partial charge in [0, 0.05) is 17.9 Å². The second kappa shape index (κ2) is 5.96. The molecule has 1 aromatic carbocycles. The lowest BCUT2D eigenvalue weighted by molar-refractivity contribution is 0.413. The Hall–Kier alpha value is -1.64. The van der Waals surface area contributed by atoms with Gasteiger partial charge in [0.2, 0.25) is 0 Å². The first-order chi connectivity index (χ1) is 7.31. The standard InChI is InChI=1S/C12H10ClNO/c1-15-12-6-5-10(4-2-3-7-13)8-11(12)9-14/h5-6,8H,3,7H2,1H3. The fourth-order valence-corrected chi connectivity index (χ4v) is 1.18. The predicted molar refractivity (Wildman–Crippen MR) is 59.9 cm³/mol. The highest BCUT2D eigenvalue weighted by atomic mass is 35.5. The molecule has 0 radical (unpaired) electrons. The Morgan fingerprint density at radius 3 is 2.87 bits per heavy atom. The van der Waals surface area contributed by atoms with Gasteiger partial charge in [-0.1, -0.05) is 11.8 Å². The van der Waals surface area contributed by atoms with Crippen LogP contribution in [-0.2, 0) is 0 Å². The molecule has 2 nitrogen and oxygen atoms in total. The highest BCUT2D eigenvalue weighted by Crippen LogP contribution is 2.18. The first-order valence-corrected chi connectivity index (χ1v) is 4.98. The Balaban J connectivity index is 2.96. The van der Waals surface area contributed by atoms with Crippen molar-refractivity contribution >= 4 is 11.6 Å². The number of ether oxygens (including phenoxy) is 1. The van der Waals surface area contributed by atoms with Crippen molar-refractivity contribution in [2.45, 2.75) is 6.42 Å². The number of nitrogens with zero attached hydrogens (tertiary/aromatic N) is 1. The summed E-state index contributed by atoms with van der Waals surface area (Å²) in [6.45, 7) is 0. The first-order valence-electron chi connectivity index (χ1n) is 4.44. The van der Waals surface area contributed by atoms with Crippen LogP contribution >= 0.6 is 11.6 Å². The third kappa shape index (κ3) is 3.20. The maximum Gasteiger partial charge on any atom is 0.136 e. The van der Waals surface area contributed by atoms with Crippen molar-refractivity contribution in [3.05, 3.63) is 29.3 Å². The van der Waals surface area contributed by atoms with Gasteiger partial charge in [-0.15, -0.1) is 11.6 Å². The molecule has 0 aliphatic heterocycles. The SMILES string of the molecule is COc1ccc(C#CCCCl)cc1C#N. The maximum atomic E-state index is 8.85. The number of nitriles is 1. The molecule has 0 spiro atoms. The molecule has 0 saturated heterocycles. The van der Waals surface area contributed by atoms with Crippen LogP contribution in [-0.4, -0.2) is 13.0 Å². The molecule has 0 aliphatic carbocycles. The van der Waals surface area contributed by atoms with E-state index in [4.69, 9.17) is 21.6 Å². The highest BCUT2D eigenvalue weighted by Gasteiger charge is 2.01. The smallest absolute Gasteiger partial charge is 0.136 e. The molecule has 0 bridgehead atoms. The van der Waals surface area contributed by atoms with Crippen LogP contribution in [0.5, 0.6) is 5.75 Å². The van der Waals surface area contributed by atoms with Crippen LogP contribution in [0.15, 0.2) is 18.2 Å². The Labute approximate surface area is 94.4 Å². The van der Waals surface area contributed by atoms with E-state index in [0.29, 0.717) is 23.6 Å². The Kier molecular flexibility index (Phi) is 4.54. The number of hydrogen-bond donors (Lipinski definition) is 0. The van der Waals surface area contributed by atoms with Crippen molar-refractivity contribution in [2.75, 3.05) is 13.0 Å². The zero-order valence-corrected chi connectivity index (χ0v) is 9.14. The third-order valence-electron chi connectivity index (χ3n) is 1.77. The molecule has 0 fully saturated rings. The summed E-state index contributed by atoms with van der Waals surface area (Å²) in [6, 6.07) is 7.33. The van der Waals surface area contributed by atoms with Crippen molar-refractivity contribution < 1.29 is 4.74 Å². The number of halogens is 1. The summed E-state index contributed by atoms with van der Waals surface area (Å²) in [5.74, 6) is 6.93. The molecule has 0 amide bonds. The molecule has 0 N–H and O–H groups in total. The topological polar surface area (TPSA) is 33.0 Å². The van der Waals surface area contributed by atoms with Gasteiger partial charge in [0.15, 0.2) is 0 Å². The van der Waals surface area contributed by atoms with Crippen LogP contribution in [0.3, 0.4) is 0 Å². The molecular formula is C12H10ClNO. The molecule has 0 aliphatic rings. The van der Waals surface area contributed by atoms with Gasteiger partial charge in [0.05, 0.1) is 12.7 Å². The second-order valence-electron chi connectivity index (χ2n) is 2.77. The Morgan fingerprint density at radius 2 is 2.27 bits per heavy atom. The predicted octanol–water partition coefficient (Wildman–Crippen LogP) is 2.55. The van der Waals surface area contributed by atoms with Crippen LogP contribution in [0.1, 0.15) is 17.5 Å². The zero-order valence-electron chi connectivity index (χ0n) is 8.38. The minimum atomic E-state index is 0.496. The van der Waals surface area contributed by atoms with E-state index in [2.05, 4.69) is 17.9 Å². The highest BCUT2D eigenvalue weighted by molar-refractivity contribution is 6.18. The van der Waals surface area contributed by atoms with Gasteiger partial charge in [-0.25, -0.2) is 0 Å². The van der Waals surface area contributed by atoms with Gasteiger partial charge >= 0.3 is 0 Å². The number of alkyl halides is 1. The molecular weight excluding hydrogens is 210 g/mol. The summed E-state index contributed by atoms with van der Waals surface area (Å²) in [5, 5.41) is 8.85. The van der Waals surface area contributed by atoms with E-state index in [0.717, 1.165) is 5.56 Å². The number of rotatable bonds is 2. The van der Waals surface area contributed by atoms with Gasteiger partial charge in [-0.2, -0.15) is 5.26 Å². The normalized spacial score (nSPS) is 8.60. The molecule has 76 valence electrons. The lowest BCUT2D eigenvalue weighted by Crippen LogP contribution is -1.88. The summed E-state index contributed by atoms with van der Waals surface area (Å²) >= 11 is 5.50. The van der Waals surface area contributed by atoms with Gasteiger partial charge in [0.25, 0.3) is 0 Å². The quantitative estimate of drug-likeness (QED) is 0.566. The lowest BCUT2D eigenvalue weighted by atomic mass is 10.1. The summed E-state index contributed by atoms with van der Waals surface area (Å²) in [7, 11) is 1.54. The first kappa shape index (κ1) is 11.4. The summed E-state index contributed by atoms with van der Waals surface area (Å²) in [4.78, 5) is 0. The summed E-state index contributed by atoms with van der Waals surface area (Å²) in [5.41, 5.74) is 1.30. The second-order valence-corrected chi connectivity index (χ2v) is 3.15. The molecule has 0 saturated carbocycles. The number of methoxy groups -OCH3 is 1. The molecule has 3 heteroatoms. The third-order valence-corrected chi connectivity index (χ3v) is 1.96. The molecule has 15 heavy (non-hydrogen) atoms. The van der Waals surface area contributed by atoms with Crippen LogP contribution in [0, 0.1) is 23.2 Å². The molecule has 1 rings (SSSR count). The van der Waals surface area contributed by atoms with E-state index < -0.39 is 0 Å². The fraction of sp³-hybridized carbons (Fsp3) is 0.250. The van der Waals surface area contributed by atoms with Crippen molar-refractivity contribution in [1.29, 1.82) is 5.26 Å². The van der Waals surface area contributed by atoms with Crippen LogP contribution in [0.4, 0.5) is 0 Å². The van der Waals surface area contributed by atoms with Crippen molar-refractivity contribution in [1.82, 2.24) is 0 Å². The van der Waals surface area contributed by atoms with Crippen LogP contribution < -0.4 is 4.74 Å². The monoisotopic (exact) mass is 219 g/mol. The molecule has 0 heterocycles. The molecule has 0 atom stereocenters. The van der Waals surface area contributed by atoms with E-state index in [-0.39, 0.29) is 0 Å². The summed E-state index contributed by atoms with van der Waals surface area (Å²) in [6.07, 6.45) is 0.648. The minimum Gasteiger partial charge on any atom is -0.495 e. The fourth-order valence-electron chi connectivity index (χ4n) is 1.08. The van der Waals surface area contributed by atoms with E-state index >= 15 is 0 Å². The molecule has 0 aromatic heterocycles. The van der Waals surface area contributed by atoms with Crippen molar-refractivity contribution in [3.8, 4) is 23.7 Å². The zero-order chi connectivity index (χ0) is 11.1. The van der Waals surface area contributed by atoms with E-state index in [1.54, 1.807) is 12.1 Å². The Morgan fingerprint density at radius 1 is 1.47 bits per heavy atom. The van der Waals surface area contributed by atoms with E-state index in [9.17, 15) is 0 Å². The average Bonchev–Trinajstić information content (AvgIpc) is 2.29. The van der Waals surface area contributed by atoms with Gasteiger partial charge in [0.1, 0.15) is 11.8 Å². The number of hydrogen-bond acceptors (Lipinski definition) is 2.